The lowest BCUT2D eigenvalue weighted by molar-refractivity contribution is -0.124. The Labute approximate surface area is 172 Å². The number of amides is 1. The lowest BCUT2D eigenvalue weighted by atomic mass is 9.89. The zero-order valence-corrected chi connectivity index (χ0v) is 17.6. The third-order valence-electron chi connectivity index (χ3n) is 5.46. The molecule has 2 aromatic carbocycles. The topological polar surface area (TPSA) is 63.4 Å². The standard InChI is InChI=1S/C24H30N2O3/c1-5-9-16(2)24(27)26-15-20(18-11-8-13-22(28-3)23(18)29-4)19-14-25-21-12-7-6-10-17(19)21/h6-8,10-14,16,20,25H,5,9,15H2,1-4H3,(H,26,27). The smallest absolute Gasteiger partial charge is 0.222 e. The number of ether oxygens (including phenoxy) is 2. The van der Waals surface area contributed by atoms with Crippen LogP contribution in [0.25, 0.3) is 10.9 Å². The molecular weight excluding hydrogens is 364 g/mol. The molecule has 5 heteroatoms. The van der Waals surface area contributed by atoms with Crippen LogP contribution in [0.4, 0.5) is 0 Å². The highest BCUT2D eigenvalue weighted by atomic mass is 16.5. The zero-order valence-electron chi connectivity index (χ0n) is 17.6. The molecule has 0 saturated carbocycles. The van der Waals surface area contributed by atoms with Crippen LogP contribution < -0.4 is 14.8 Å². The summed E-state index contributed by atoms with van der Waals surface area (Å²) in [6.07, 6.45) is 3.89. The molecule has 1 aromatic heterocycles. The number of carbonyl (C=O) groups is 1. The van der Waals surface area contributed by atoms with Gasteiger partial charge in [0.15, 0.2) is 11.5 Å². The maximum absolute atomic E-state index is 12.6. The summed E-state index contributed by atoms with van der Waals surface area (Å²) in [6, 6.07) is 14.1. The molecule has 3 aromatic rings. The van der Waals surface area contributed by atoms with E-state index >= 15 is 0 Å². The van der Waals surface area contributed by atoms with Gasteiger partial charge in [0.25, 0.3) is 0 Å². The van der Waals surface area contributed by atoms with Crippen LogP contribution in [0.15, 0.2) is 48.7 Å². The van der Waals surface area contributed by atoms with Gasteiger partial charge in [-0.3, -0.25) is 4.79 Å². The molecule has 0 aliphatic rings. The van der Waals surface area contributed by atoms with Crippen LogP contribution in [0.5, 0.6) is 11.5 Å². The summed E-state index contributed by atoms with van der Waals surface area (Å²) in [5.41, 5.74) is 3.18. The minimum atomic E-state index is -0.0750. The molecule has 0 aliphatic heterocycles. The predicted octanol–water partition coefficient (Wildman–Crippen LogP) is 4.87. The second-order valence-electron chi connectivity index (χ2n) is 7.36. The zero-order chi connectivity index (χ0) is 20.8. The van der Waals surface area contributed by atoms with Crippen molar-refractivity contribution in [2.45, 2.75) is 32.6 Å². The first-order chi connectivity index (χ1) is 14.1. The number of hydrogen-bond donors (Lipinski definition) is 2. The van der Waals surface area contributed by atoms with Crippen molar-refractivity contribution in [1.29, 1.82) is 0 Å². The number of methoxy groups -OCH3 is 2. The van der Waals surface area contributed by atoms with E-state index in [1.807, 2.05) is 43.5 Å². The number of para-hydroxylation sites is 2. The summed E-state index contributed by atoms with van der Waals surface area (Å²) in [4.78, 5) is 16.0. The highest BCUT2D eigenvalue weighted by Gasteiger charge is 2.25. The van der Waals surface area contributed by atoms with E-state index in [0.717, 1.165) is 34.9 Å². The molecule has 1 heterocycles. The van der Waals surface area contributed by atoms with E-state index in [2.05, 4.69) is 29.4 Å². The first kappa shape index (κ1) is 20.8. The second-order valence-corrected chi connectivity index (χ2v) is 7.36. The normalized spacial score (nSPS) is 13.1. The summed E-state index contributed by atoms with van der Waals surface area (Å²) in [5, 5.41) is 4.30. The van der Waals surface area contributed by atoms with Crippen molar-refractivity contribution < 1.29 is 14.3 Å². The number of hydrogen-bond acceptors (Lipinski definition) is 3. The molecule has 0 aliphatic carbocycles. The molecule has 1 amide bonds. The largest absolute Gasteiger partial charge is 0.493 e. The van der Waals surface area contributed by atoms with Crippen LogP contribution >= 0.6 is 0 Å². The summed E-state index contributed by atoms with van der Waals surface area (Å²) in [6.45, 7) is 4.56. The van der Waals surface area contributed by atoms with Crippen molar-refractivity contribution in [3.63, 3.8) is 0 Å². The summed E-state index contributed by atoms with van der Waals surface area (Å²) >= 11 is 0. The van der Waals surface area contributed by atoms with Gasteiger partial charge in [0.1, 0.15) is 0 Å². The molecule has 154 valence electrons. The molecule has 29 heavy (non-hydrogen) atoms. The third-order valence-corrected chi connectivity index (χ3v) is 5.46. The number of rotatable bonds is 9. The van der Waals surface area contributed by atoms with E-state index < -0.39 is 0 Å². The Morgan fingerprint density at radius 2 is 1.86 bits per heavy atom. The van der Waals surface area contributed by atoms with Crippen molar-refractivity contribution in [3.8, 4) is 11.5 Å². The fourth-order valence-corrected chi connectivity index (χ4v) is 3.90. The first-order valence-electron chi connectivity index (χ1n) is 10.1. The second kappa shape index (κ2) is 9.50. The Bertz CT molecular complexity index is 964. The SMILES string of the molecule is CCCC(C)C(=O)NCC(c1cccc(OC)c1OC)c1c[nH]c2ccccc12. The maximum Gasteiger partial charge on any atom is 0.222 e. The van der Waals surface area contributed by atoms with Crippen molar-refractivity contribution in [1.82, 2.24) is 10.3 Å². The average molecular weight is 395 g/mol. The number of aromatic amines is 1. The van der Waals surface area contributed by atoms with E-state index in [1.54, 1.807) is 14.2 Å². The van der Waals surface area contributed by atoms with Gasteiger partial charge in [-0.1, -0.05) is 50.6 Å². The minimum absolute atomic E-state index is 0.00387. The number of fused-ring (bicyclic) bond motifs is 1. The summed E-state index contributed by atoms with van der Waals surface area (Å²) < 4.78 is 11.2. The van der Waals surface area contributed by atoms with E-state index in [-0.39, 0.29) is 17.7 Å². The number of H-pyrrole nitrogens is 1. The molecule has 0 radical (unpaired) electrons. The lowest BCUT2D eigenvalue weighted by Gasteiger charge is -2.22. The first-order valence-corrected chi connectivity index (χ1v) is 10.1. The highest BCUT2D eigenvalue weighted by Crippen LogP contribution is 2.40. The van der Waals surface area contributed by atoms with Gasteiger partial charge in [-0.05, 0) is 24.1 Å². The van der Waals surface area contributed by atoms with Crippen molar-refractivity contribution >= 4 is 16.8 Å². The number of benzene rings is 2. The summed E-state index contributed by atoms with van der Waals surface area (Å²) in [7, 11) is 3.28. The lowest BCUT2D eigenvalue weighted by Crippen LogP contribution is -2.33. The van der Waals surface area contributed by atoms with Crippen LogP contribution in [0.1, 0.15) is 43.7 Å². The van der Waals surface area contributed by atoms with Gasteiger partial charge in [-0.2, -0.15) is 0 Å². The van der Waals surface area contributed by atoms with Crippen LogP contribution in [-0.2, 0) is 4.79 Å². The molecule has 0 fully saturated rings. The molecular formula is C24H30N2O3. The Morgan fingerprint density at radius 1 is 1.07 bits per heavy atom. The third kappa shape index (κ3) is 4.39. The predicted molar refractivity (Wildman–Crippen MR) is 117 cm³/mol. The van der Waals surface area contributed by atoms with Crippen LogP contribution in [0.2, 0.25) is 0 Å². The Balaban J connectivity index is 2.02. The number of nitrogens with one attached hydrogen (secondary N) is 2. The molecule has 2 N–H and O–H groups in total. The minimum Gasteiger partial charge on any atom is -0.493 e. The van der Waals surface area contributed by atoms with Gasteiger partial charge in [-0.15, -0.1) is 0 Å². The van der Waals surface area contributed by atoms with Crippen molar-refractivity contribution in [2.75, 3.05) is 20.8 Å². The fraction of sp³-hybridized carbons (Fsp3) is 0.375. The van der Waals surface area contributed by atoms with Gasteiger partial charge in [0, 0.05) is 41.0 Å². The summed E-state index contributed by atoms with van der Waals surface area (Å²) in [5.74, 6) is 1.38. The van der Waals surface area contributed by atoms with E-state index in [0.29, 0.717) is 18.0 Å². The van der Waals surface area contributed by atoms with Crippen molar-refractivity contribution in [2.24, 2.45) is 5.92 Å². The molecule has 0 bridgehead atoms. The Hall–Kier alpha value is -2.95. The van der Waals surface area contributed by atoms with E-state index in [4.69, 9.17) is 9.47 Å². The van der Waals surface area contributed by atoms with Gasteiger partial charge in [-0.25, -0.2) is 0 Å². The molecule has 0 spiro atoms. The molecule has 3 rings (SSSR count). The monoisotopic (exact) mass is 394 g/mol. The Morgan fingerprint density at radius 3 is 2.59 bits per heavy atom. The number of aromatic nitrogens is 1. The molecule has 0 saturated heterocycles. The van der Waals surface area contributed by atoms with Gasteiger partial charge in [0.05, 0.1) is 14.2 Å². The van der Waals surface area contributed by atoms with Crippen LogP contribution in [0, 0.1) is 5.92 Å². The van der Waals surface area contributed by atoms with Crippen LogP contribution in [0.3, 0.4) is 0 Å². The van der Waals surface area contributed by atoms with Gasteiger partial charge in [0.2, 0.25) is 5.91 Å². The molecule has 2 atom stereocenters. The molecule has 5 nitrogen and oxygen atoms in total. The Kier molecular flexibility index (Phi) is 6.81. The van der Waals surface area contributed by atoms with Crippen LogP contribution in [-0.4, -0.2) is 31.7 Å². The van der Waals surface area contributed by atoms with E-state index in [9.17, 15) is 4.79 Å². The molecule has 2 unspecified atom stereocenters. The quantitative estimate of drug-likeness (QED) is 0.544. The fourth-order valence-electron chi connectivity index (χ4n) is 3.90. The van der Waals surface area contributed by atoms with Crippen molar-refractivity contribution in [3.05, 3.63) is 59.8 Å². The van der Waals surface area contributed by atoms with Gasteiger partial charge < -0.3 is 19.8 Å². The number of carbonyl (C=O) groups excluding carboxylic acids is 1. The van der Waals surface area contributed by atoms with Gasteiger partial charge >= 0.3 is 0 Å². The highest BCUT2D eigenvalue weighted by molar-refractivity contribution is 5.85. The maximum atomic E-state index is 12.6. The average Bonchev–Trinajstić information content (AvgIpc) is 3.17. The van der Waals surface area contributed by atoms with E-state index in [1.165, 1.54) is 0 Å².